The van der Waals surface area contributed by atoms with E-state index in [9.17, 15) is 22.8 Å². The van der Waals surface area contributed by atoms with Crippen LogP contribution in [0.15, 0.2) is 75.7 Å². The second-order valence-corrected chi connectivity index (χ2v) is 11.9. The first-order chi connectivity index (χ1) is 19.8. The second kappa shape index (κ2) is 11.0. The third-order valence-corrected chi connectivity index (χ3v) is 8.27. The molecule has 0 bridgehead atoms. The minimum Gasteiger partial charge on any atom is -0.339 e. The fraction of sp³-hybridized carbons (Fsp3) is 0.419. The molecule has 0 saturated carbocycles. The molecule has 1 atom stereocenters. The van der Waals surface area contributed by atoms with E-state index in [0.29, 0.717) is 37.2 Å². The Morgan fingerprint density at radius 3 is 2.36 bits per heavy atom. The van der Waals surface area contributed by atoms with Gasteiger partial charge in [0.05, 0.1) is 16.4 Å². The molecule has 222 valence electrons. The lowest BCUT2D eigenvalue weighted by molar-refractivity contribution is -0.180. The van der Waals surface area contributed by atoms with Gasteiger partial charge < -0.3 is 18.9 Å². The number of hydrogen-bond donors (Lipinski definition) is 0. The van der Waals surface area contributed by atoms with Crippen LogP contribution in [0.1, 0.15) is 32.8 Å². The zero-order valence-electron chi connectivity index (χ0n) is 24.1. The predicted molar refractivity (Wildman–Crippen MR) is 153 cm³/mol. The summed E-state index contributed by atoms with van der Waals surface area (Å²) in [7, 11) is 2.05. The van der Waals surface area contributed by atoms with Crippen molar-refractivity contribution < 1.29 is 22.5 Å². The topological polar surface area (TPSA) is 84.5 Å². The van der Waals surface area contributed by atoms with Crippen LogP contribution in [-0.2, 0) is 16.8 Å². The molecule has 11 heteroatoms. The number of rotatable bonds is 6. The number of carbonyl (C=O) groups excluding carboxylic acids is 1. The van der Waals surface area contributed by atoms with Crippen molar-refractivity contribution in [2.24, 2.45) is 5.41 Å². The summed E-state index contributed by atoms with van der Waals surface area (Å²) in [5.74, 6) is 0.482. The first-order valence-corrected chi connectivity index (χ1v) is 13.8. The normalized spacial score (nSPS) is 20.1. The number of benzene rings is 1. The molecule has 1 fully saturated rings. The Balaban J connectivity index is 1.31. The lowest BCUT2D eigenvalue weighted by Crippen LogP contribution is -2.51. The third-order valence-electron chi connectivity index (χ3n) is 8.27. The quantitative estimate of drug-likeness (QED) is 0.404. The van der Waals surface area contributed by atoms with Crippen LogP contribution in [0.2, 0.25) is 0 Å². The van der Waals surface area contributed by atoms with Gasteiger partial charge in [-0.25, -0.2) is 0 Å². The van der Waals surface area contributed by atoms with Gasteiger partial charge in [0.25, 0.3) is 11.4 Å². The van der Waals surface area contributed by atoms with E-state index in [2.05, 4.69) is 15.0 Å². The van der Waals surface area contributed by atoms with Gasteiger partial charge in [-0.15, -0.1) is 0 Å². The van der Waals surface area contributed by atoms with Gasteiger partial charge in [-0.1, -0.05) is 47.7 Å². The maximum atomic E-state index is 13.4. The van der Waals surface area contributed by atoms with E-state index < -0.39 is 17.0 Å². The zero-order valence-corrected chi connectivity index (χ0v) is 24.1. The van der Waals surface area contributed by atoms with Crippen molar-refractivity contribution >= 4 is 5.91 Å². The summed E-state index contributed by atoms with van der Waals surface area (Å²) in [5, 5.41) is 4.00. The predicted octanol–water partition coefficient (Wildman–Crippen LogP) is 5.07. The molecule has 1 aromatic carbocycles. The van der Waals surface area contributed by atoms with Crippen molar-refractivity contribution in [1.82, 2.24) is 24.5 Å². The van der Waals surface area contributed by atoms with Crippen LogP contribution < -0.4 is 5.56 Å². The van der Waals surface area contributed by atoms with Crippen molar-refractivity contribution in [2.45, 2.75) is 45.3 Å². The van der Waals surface area contributed by atoms with Gasteiger partial charge in [0.15, 0.2) is 0 Å². The van der Waals surface area contributed by atoms with E-state index in [-0.39, 0.29) is 28.7 Å². The minimum absolute atomic E-state index is 0.0898. The number of nitrogens with zero attached hydrogens (tertiary/aromatic N) is 5. The summed E-state index contributed by atoms with van der Waals surface area (Å²) < 4.78 is 47.2. The molecule has 1 saturated heterocycles. The van der Waals surface area contributed by atoms with Crippen LogP contribution in [0, 0.1) is 5.41 Å². The van der Waals surface area contributed by atoms with E-state index >= 15 is 0 Å². The summed E-state index contributed by atoms with van der Waals surface area (Å²) in [6.07, 6.45) is 3.50. The van der Waals surface area contributed by atoms with Crippen LogP contribution in [-0.4, -0.2) is 69.8 Å². The molecule has 0 N–H and O–H groups in total. The van der Waals surface area contributed by atoms with E-state index in [1.807, 2.05) is 37.1 Å². The van der Waals surface area contributed by atoms with E-state index in [1.54, 1.807) is 16.8 Å². The number of amides is 1. The molecule has 0 spiro atoms. The molecule has 3 aromatic rings. The molecule has 1 aliphatic heterocycles. The van der Waals surface area contributed by atoms with E-state index in [1.165, 1.54) is 30.3 Å². The van der Waals surface area contributed by atoms with Gasteiger partial charge >= 0.3 is 6.18 Å². The summed E-state index contributed by atoms with van der Waals surface area (Å²) in [4.78, 5) is 34.7. The maximum Gasteiger partial charge on any atom is 0.397 e. The highest BCUT2D eigenvalue weighted by Crippen LogP contribution is 2.41. The van der Waals surface area contributed by atoms with Gasteiger partial charge in [0, 0.05) is 50.6 Å². The van der Waals surface area contributed by atoms with Crippen LogP contribution >= 0.6 is 0 Å². The van der Waals surface area contributed by atoms with Crippen molar-refractivity contribution in [2.75, 3.05) is 33.2 Å². The highest BCUT2D eigenvalue weighted by atomic mass is 19.4. The van der Waals surface area contributed by atoms with E-state index in [0.717, 1.165) is 32.5 Å². The summed E-state index contributed by atoms with van der Waals surface area (Å²) in [6, 6.07) is 8.88. The number of alkyl halides is 3. The number of hydrogen-bond acceptors (Lipinski definition) is 6. The number of piperazine rings is 1. The molecule has 1 unspecified atom stereocenters. The molecule has 1 amide bonds. The average Bonchev–Trinajstić information content (AvgIpc) is 3.44. The number of pyridine rings is 1. The summed E-state index contributed by atoms with van der Waals surface area (Å²) in [6.45, 7) is 7.57. The maximum absolute atomic E-state index is 13.4. The summed E-state index contributed by atoms with van der Waals surface area (Å²) in [5.41, 5.74) is -0.815. The van der Waals surface area contributed by atoms with Crippen LogP contribution in [0.25, 0.3) is 22.8 Å². The number of halogens is 3. The molecule has 2 aliphatic rings. The molecule has 3 heterocycles. The van der Waals surface area contributed by atoms with Crippen molar-refractivity contribution in [1.29, 1.82) is 0 Å². The van der Waals surface area contributed by atoms with Gasteiger partial charge in [-0.05, 0) is 51.4 Å². The van der Waals surface area contributed by atoms with Crippen LogP contribution in [0.3, 0.4) is 0 Å². The number of carbonyl (C=O) groups is 1. The number of allylic oxidation sites excluding steroid dienone is 3. The summed E-state index contributed by atoms with van der Waals surface area (Å²) >= 11 is 0. The Labute approximate surface area is 242 Å². The monoisotopic (exact) mass is 581 g/mol. The third kappa shape index (κ3) is 5.83. The Kier molecular flexibility index (Phi) is 7.74. The lowest BCUT2D eigenvalue weighted by atomic mass is 9.78. The molecular formula is C31H34F3N5O3. The molecule has 1 aliphatic carbocycles. The van der Waals surface area contributed by atoms with Crippen molar-refractivity contribution in [3.05, 3.63) is 82.3 Å². The molecule has 0 radical (unpaired) electrons. The van der Waals surface area contributed by atoms with Gasteiger partial charge in [-0.3, -0.25) is 9.59 Å². The van der Waals surface area contributed by atoms with Gasteiger partial charge in [0.2, 0.25) is 11.7 Å². The average molecular weight is 582 g/mol. The lowest BCUT2D eigenvalue weighted by Gasteiger charge is -2.38. The highest BCUT2D eigenvalue weighted by Gasteiger charge is 2.48. The SMILES string of the molecule is CN1CCN(C(=O)C2(C)C=CC=C(Cn3cc(-c4nc(-c5ccc(C(C)(C)C(F)(F)F)cc5)no4)ccc3=O)C2)CC1. The van der Waals surface area contributed by atoms with Crippen LogP contribution in [0.5, 0.6) is 0 Å². The Hall–Kier alpha value is -3.99. The van der Waals surface area contributed by atoms with Gasteiger partial charge in [0.1, 0.15) is 0 Å². The van der Waals surface area contributed by atoms with Crippen molar-refractivity contribution in [3.8, 4) is 22.8 Å². The molecular weight excluding hydrogens is 547 g/mol. The second-order valence-electron chi connectivity index (χ2n) is 11.9. The number of aromatic nitrogens is 3. The Morgan fingerprint density at radius 1 is 1.02 bits per heavy atom. The smallest absolute Gasteiger partial charge is 0.339 e. The molecule has 42 heavy (non-hydrogen) atoms. The Morgan fingerprint density at radius 2 is 1.69 bits per heavy atom. The minimum atomic E-state index is -4.39. The van der Waals surface area contributed by atoms with Gasteiger partial charge in [-0.2, -0.15) is 18.2 Å². The van der Waals surface area contributed by atoms with E-state index in [4.69, 9.17) is 4.52 Å². The molecule has 5 rings (SSSR count). The molecule has 2 aromatic heterocycles. The molecule has 8 nitrogen and oxygen atoms in total. The number of likely N-dealkylation sites (N-methyl/N-ethyl adjacent to an activating group) is 1. The van der Waals surface area contributed by atoms with Crippen LogP contribution in [0.4, 0.5) is 13.2 Å². The largest absolute Gasteiger partial charge is 0.397 e. The fourth-order valence-electron chi connectivity index (χ4n) is 5.27. The first-order valence-electron chi connectivity index (χ1n) is 13.8. The van der Waals surface area contributed by atoms with Crippen molar-refractivity contribution in [3.63, 3.8) is 0 Å². The fourth-order valence-corrected chi connectivity index (χ4v) is 5.27. The zero-order chi connectivity index (χ0) is 30.3. The first kappa shape index (κ1) is 29.5. The standard InChI is InChI=1S/C31H34F3N5O3/c1-29(2,31(32,33)34)24-10-7-22(8-11-24)26-35-27(42-36-26)23-9-12-25(40)39(20-23)19-21-6-5-13-30(3,18-21)28(41)38-16-14-37(4)15-17-38/h5-13,20H,14-19H2,1-4H3. The Bertz CT molecular complexity index is 1580. The highest BCUT2D eigenvalue weighted by molar-refractivity contribution is 5.85.